The number of carbonyl (C=O) groups excluding carboxylic acids is 1. The van der Waals surface area contributed by atoms with E-state index in [9.17, 15) is 9.36 Å². The molecule has 0 aromatic carbocycles. The summed E-state index contributed by atoms with van der Waals surface area (Å²) in [5.74, 6) is -0.407. The standard InChI is InChI=1S/C11H22NO6P/c1-10(2)11(13)17-8-5-6-12(3,4)7-9-18-19(14,15)16/h1,5-9H2,2-4H3,(H-,14,15,16)/p+1. The van der Waals surface area contributed by atoms with Gasteiger partial charge in [0.05, 0.1) is 27.2 Å². The predicted octanol–water partition coefficient (Wildman–Crippen LogP) is 0.681. The van der Waals surface area contributed by atoms with Crippen LogP contribution >= 0.6 is 7.82 Å². The predicted molar refractivity (Wildman–Crippen MR) is 70.2 cm³/mol. The SMILES string of the molecule is C=C(C)C(=O)OCCC[N+](C)(C)CCOP(=O)(O)O. The summed E-state index contributed by atoms with van der Waals surface area (Å²) < 4.78 is 20.4. The molecule has 0 spiro atoms. The van der Waals surface area contributed by atoms with E-state index in [1.807, 2.05) is 14.1 Å². The first-order valence-corrected chi connectivity index (χ1v) is 7.41. The van der Waals surface area contributed by atoms with Crippen molar-refractivity contribution >= 4 is 13.8 Å². The van der Waals surface area contributed by atoms with Gasteiger partial charge in [-0.2, -0.15) is 0 Å². The van der Waals surface area contributed by atoms with Crippen molar-refractivity contribution in [1.82, 2.24) is 0 Å². The van der Waals surface area contributed by atoms with E-state index in [-0.39, 0.29) is 6.61 Å². The number of ether oxygens (including phenoxy) is 1. The van der Waals surface area contributed by atoms with Crippen molar-refractivity contribution < 1.29 is 32.9 Å². The molecular formula is C11H23NO6P+. The van der Waals surface area contributed by atoms with Crippen LogP contribution in [-0.4, -0.2) is 60.6 Å². The number of hydrogen-bond acceptors (Lipinski definition) is 4. The molecular weight excluding hydrogens is 273 g/mol. The van der Waals surface area contributed by atoms with Crippen molar-refractivity contribution in [1.29, 1.82) is 0 Å². The van der Waals surface area contributed by atoms with Gasteiger partial charge in [0.15, 0.2) is 0 Å². The van der Waals surface area contributed by atoms with Crippen molar-refractivity contribution in [3.05, 3.63) is 12.2 Å². The highest BCUT2D eigenvalue weighted by Gasteiger charge is 2.19. The maximum absolute atomic E-state index is 11.1. The average molecular weight is 296 g/mol. The molecule has 0 aliphatic rings. The van der Waals surface area contributed by atoms with Crippen molar-refractivity contribution in [3.63, 3.8) is 0 Å². The molecule has 7 nitrogen and oxygen atoms in total. The molecule has 2 N–H and O–H groups in total. The first-order valence-electron chi connectivity index (χ1n) is 5.88. The Morgan fingerprint density at radius 3 is 2.32 bits per heavy atom. The largest absolute Gasteiger partial charge is 0.469 e. The van der Waals surface area contributed by atoms with Crippen molar-refractivity contribution in [2.45, 2.75) is 13.3 Å². The van der Waals surface area contributed by atoms with Crippen LogP contribution in [0.25, 0.3) is 0 Å². The van der Waals surface area contributed by atoms with Gasteiger partial charge in [0, 0.05) is 12.0 Å². The lowest BCUT2D eigenvalue weighted by Crippen LogP contribution is -2.43. The summed E-state index contributed by atoms with van der Waals surface area (Å²) in [6, 6.07) is 0. The van der Waals surface area contributed by atoms with Gasteiger partial charge in [0.1, 0.15) is 13.2 Å². The van der Waals surface area contributed by atoms with Gasteiger partial charge in [-0.05, 0) is 6.92 Å². The number of phosphoric ester groups is 1. The third-order valence-corrected chi connectivity index (χ3v) is 2.96. The Balaban J connectivity index is 3.82. The number of carbonyl (C=O) groups is 1. The zero-order chi connectivity index (χ0) is 15.1. The summed E-state index contributed by atoms with van der Waals surface area (Å²) in [7, 11) is -0.584. The molecule has 0 aliphatic heterocycles. The van der Waals surface area contributed by atoms with Crippen LogP contribution in [0.2, 0.25) is 0 Å². The number of hydrogen-bond donors (Lipinski definition) is 2. The highest BCUT2D eigenvalue weighted by Crippen LogP contribution is 2.35. The second-order valence-electron chi connectivity index (χ2n) is 4.98. The van der Waals surface area contributed by atoms with E-state index in [0.29, 0.717) is 36.2 Å². The molecule has 112 valence electrons. The van der Waals surface area contributed by atoms with Crippen LogP contribution in [0.15, 0.2) is 12.2 Å². The molecule has 0 amide bonds. The van der Waals surface area contributed by atoms with Crippen LogP contribution in [0.1, 0.15) is 13.3 Å². The summed E-state index contributed by atoms with van der Waals surface area (Å²) in [5, 5.41) is 0. The van der Waals surface area contributed by atoms with E-state index in [2.05, 4.69) is 11.1 Å². The van der Waals surface area contributed by atoms with Gasteiger partial charge in [-0.1, -0.05) is 6.58 Å². The molecule has 0 saturated heterocycles. The zero-order valence-corrected chi connectivity index (χ0v) is 12.6. The third kappa shape index (κ3) is 10.9. The number of phosphoric acid groups is 1. The quantitative estimate of drug-likeness (QED) is 0.214. The Morgan fingerprint density at radius 1 is 1.26 bits per heavy atom. The van der Waals surface area contributed by atoms with E-state index in [1.54, 1.807) is 6.92 Å². The first-order chi connectivity index (χ1) is 8.53. The topological polar surface area (TPSA) is 93.1 Å². The lowest BCUT2D eigenvalue weighted by molar-refractivity contribution is -0.890. The smallest absolute Gasteiger partial charge is 0.462 e. The first kappa shape index (κ1) is 18.3. The lowest BCUT2D eigenvalue weighted by atomic mass is 10.3. The number of esters is 1. The summed E-state index contributed by atoms with van der Waals surface area (Å²) in [6.45, 7) is 6.50. The Labute approximate surface area is 113 Å². The minimum atomic E-state index is -4.40. The van der Waals surface area contributed by atoms with Gasteiger partial charge >= 0.3 is 13.8 Å². The van der Waals surface area contributed by atoms with Gasteiger partial charge in [-0.15, -0.1) is 0 Å². The van der Waals surface area contributed by atoms with Crippen molar-refractivity contribution in [2.24, 2.45) is 0 Å². The fraction of sp³-hybridized carbons (Fsp3) is 0.727. The number of nitrogens with zero attached hydrogens (tertiary/aromatic N) is 1. The highest BCUT2D eigenvalue weighted by molar-refractivity contribution is 7.46. The van der Waals surface area contributed by atoms with Gasteiger partial charge < -0.3 is 19.0 Å². The fourth-order valence-electron chi connectivity index (χ4n) is 1.30. The molecule has 0 heterocycles. The molecule has 0 aliphatic carbocycles. The van der Waals surface area contributed by atoms with Crippen LogP contribution in [0, 0.1) is 0 Å². The zero-order valence-electron chi connectivity index (χ0n) is 11.7. The van der Waals surface area contributed by atoms with Crippen LogP contribution in [0.3, 0.4) is 0 Å². The highest BCUT2D eigenvalue weighted by atomic mass is 31.2. The van der Waals surface area contributed by atoms with Crippen LogP contribution in [-0.2, 0) is 18.6 Å². The van der Waals surface area contributed by atoms with E-state index in [1.165, 1.54) is 0 Å². The fourth-order valence-corrected chi connectivity index (χ4v) is 1.62. The van der Waals surface area contributed by atoms with Crippen LogP contribution in [0.5, 0.6) is 0 Å². The maximum Gasteiger partial charge on any atom is 0.469 e. The minimum Gasteiger partial charge on any atom is -0.462 e. The Kier molecular flexibility index (Phi) is 7.47. The third-order valence-electron chi connectivity index (χ3n) is 2.45. The molecule has 0 aromatic rings. The van der Waals surface area contributed by atoms with Crippen molar-refractivity contribution in [2.75, 3.05) is 40.4 Å². The Hall–Kier alpha value is -0.720. The van der Waals surface area contributed by atoms with Crippen LogP contribution < -0.4 is 0 Å². The summed E-state index contributed by atoms with van der Waals surface area (Å²) >= 11 is 0. The van der Waals surface area contributed by atoms with E-state index in [0.717, 1.165) is 0 Å². The van der Waals surface area contributed by atoms with E-state index < -0.39 is 13.8 Å². The maximum atomic E-state index is 11.1. The molecule has 0 saturated carbocycles. The normalized spacial score (nSPS) is 12.3. The van der Waals surface area contributed by atoms with Gasteiger partial charge in [-0.25, -0.2) is 9.36 Å². The Morgan fingerprint density at radius 2 is 1.84 bits per heavy atom. The molecule has 0 unspecified atom stereocenters. The lowest BCUT2D eigenvalue weighted by Gasteiger charge is -2.29. The number of likely N-dealkylation sites (N-methyl/N-ethyl adjacent to an activating group) is 1. The van der Waals surface area contributed by atoms with Gasteiger partial charge in [0.2, 0.25) is 0 Å². The molecule has 0 radical (unpaired) electrons. The number of rotatable bonds is 9. The second kappa shape index (κ2) is 7.77. The molecule has 0 fully saturated rings. The molecule has 0 aromatic heterocycles. The molecule has 0 bridgehead atoms. The van der Waals surface area contributed by atoms with E-state index >= 15 is 0 Å². The number of quaternary nitrogens is 1. The molecule has 0 rings (SSSR count). The average Bonchev–Trinajstić information content (AvgIpc) is 2.21. The monoisotopic (exact) mass is 296 g/mol. The van der Waals surface area contributed by atoms with Crippen molar-refractivity contribution in [3.8, 4) is 0 Å². The summed E-state index contributed by atoms with van der Waals surface area (Å²) in [5.41, 5.74) is 0.365. The minimum absolute atomic E-state index is 0.0250. The molecule has 19 heavy (non-hydrogen) atoms. The molecule has 8 heteroatoms. The van der Waals surface area contributed by atoms with Gasteiger partial charge in [-0.3, -0.25) is 4.52 Å². The van der Waals surface area contributed by atoms with Crippen LogP contribution in [0.4, 0.5) is 0 Å². The Bertz CT molecular complexity index is 362. The summed E-state index contributed by atoms with van der Waals surface area (Å²) in [4.78, 5) is 28.2. The van der Waals surface area contributed by atoms with E-state index in [4.69, 9.17) is 14.5 Å². The summed E-state index contributed by atoms with van der Waals surface area (Å²) in [6.07, 6.45) is 0.655. The molecule has 0 atom stereocenters. The van der Waals surface area contributed by atoms with Gasteiger partial charge in [0.25, 0.3) is 0 Å². The second-order valence-corrected chi connectivity index (χ2v) is 6.22.